The maximum atomic E-state index is 12.5. The zero-order chi connectivity index (χ0) is 19.2. The molecule has 1 atom stereocenters. The van der Waals surface area contributed by atoms with Gasteiger partial charge in [0.25, 0.3) is 0 Å². The van der Waals surface area contributed by atoms with Gasteiger partial charge in [0.05, 0.1) is 0 Å². The number of benzene rings is 2. The van der Waals surface area contributed by atoms with E-state index in [1.54, 1.807) is 0 Å². The third-order valence-corrected chi connectivity index (χ3v) is 5.21. The fraction of sp³-hybridized carbons (Fsp3) is 0.435. The van der Waals surface area contributed by atoms with Crippen molar-refractivity contribution in [2.75, 3.05) is 28.6 Å². The van der Waals surface area contributed by atoms with Crippen molar-refractivity contribution in [2.24, 2.45) is 0 Å². The molecule has 2 aromatic carbocycles. The first-order valence-corrected chi connectivity index (χ1v) is 10.1. The summed E-state index contributed by atoms with van der Waals surface area (Å²) in [5.74, 6) is 0.473. The van der Waals surface area contributed by atoms with E-state index in [4.69, 9.17) is 0 Å². The number of carbonyl (C=O) groups is 1. The molecule has 1 saturated heterocycles. The lowest BCUT2D eigenvalue weighted by Crippen LogP contribution is -2.32. The van der Waals surface area contributed by atoms with E-state index in [0.29, 0.717) is 5.92 Å². The normalized spacial score (nSPS) is 15.5. The Labute approximate surface area is 163 Å². The van der Waals surface area contributed by atoms with Crippen LogP contribution in [0.25, 0.3) is 0 Å². The number of nitrogens with zero attached hydrogens (tertiary/aromatic N) is 1. The van der Waals surface area contributed by atoms with Crippen molar-refractivity contribution < 1.29 is 4.79 Å². The Bertz CT molecular complexity index is 731. The second-order valence-electron chi connectivity index (χ2n) is 7.73. The summed E-state index contributed by atoms with van der Waals surface area (Å²) in [5, 5.41) is 6.27. The van der Waals surface area contributed by atoms with Gasteiger partial charge in [0, 0.05) is 30.2 Å². The van der Waals surface area contributed by atoms with Crippen LogP contribution in [0.4, 0.5) is 17.1 Å². The topological polar surface area (TPSA) is 44.4 Å². The smallest absolute Gasteiger partial charge is 0.246 e. The van der Waals surface area contributed by atoms with Crippen LogP contribution < -0.4 is 15.5 Å². The predicted octanol–water partition coefficient (Wildman–Crippen LogP) is 5.24. The first-order chi connectivity index (χ1) is 13.0. The summed E-state index contributed by atoms with van der Waals surface area (Å²) in [6.07, 6.45) is 3.86. The Morgan fingerprint density at radius 1 is 0.852 bits per heavy atom. The second-order valence-corrected chi connectivity index (χ2v) is 7.73. The molecule has 1 amide bonds. The number of carbonyl (C=O) groups excluding carboxylic acids is 1. The lowest BCUT2D eigenvalue weighted by molar-refractivity contribution is -0.116. The van der Waals surface area contributed by atoms with E-state index in [-0.39, 0.29) is 11.9 Å². The molecule has 144 valence electrons. The van der Waals surface area contributed by atoms with Crippen LogP contribution in [0.2, 0.25) is 0 Å². The summed E-state index contributed by atoms with van der Waals surface area (Å²) in [4.78, 5) is 14.9. The van der Waals surface area contributed by atoms with E-state index in [1.165, 1.54) is 30.5 Å². The molecule has 4 nitrogen and oxygen atoms in total. The highest BCUT2D eigenvalue weighted by Gasteiger charge is 2.14. The van der Waals surface area contributed by atoms with Crippen molar-refractivity contribution in [1.82, 2.24) is 0 Å². The predicted molar refractivity (Wildman–Crippen MR) is 115 cm³/mol. The molecule has 0 radical (unpaired) electrons. The van der Waals surface area contributed by atoms with Crippen molar-refractivity contribution in [1.29, 1.82) is 0 Å². The number of hydrogen-bond donors (Lipinski definition) is 2. The van der Waals surface area contributed by atoms with Crippen LogP contribution in [0, 0.1) is 0 Å². The molecule has 2 aromatic rings. The summed E-state index contributed by atoms with van der Waals surface area (Å²) in [6, 6.07) is 16.2. The van der Waals surface area contributed by atoms with E-state index < -0.39 is 0 Å². The average molecular weight is 366 g/mol. The molecule has 0 aromatic heterocycles. The summed E-state index contributed by atoms with van der Waals surface area (Å²) >= 11 is 0. The highest BCUT2D eigenvalue weighted by molar-refractivity contribution is 5.96. The SMILES string of the molecule is CC(C)c1ccc(N[C@@H](C)C(=O)Nc2ccc(N3CCCCC3)cc2)cc1. The zero-order valence-corrected chi connectivity index (χ0v) is 16.7. The molecular formula is C23H31N3O. The number of hydrogen-bond acceptors (Lipinski definition) is 3. The van der Waals surface area contributed by atoms with E-state index in [2.05, 4.69) is 53.6 Å². The van der Waals surface area contributed by atoms with E-state index >= 15 is 0 Å². The number of rotatable bonds is 6. The number of amides is 1. The number of piperidine rings is 1. The molecule has 1 aliphatic rings. The van der Waals surface area contributed by atoms with Crippen LogP contribution in [0.3, 0.4) is 0 Å². The lowest BCUT2D eigenvalue weighted by Gasteiger charge is -2.28. The molecule has 1 heterocycles. The zero-order valence-electron chi connectivity index (χ0n) is 16.7. The Kier molecular flexibility index (Phi) is 6.38. The summed E-state index contributed by atoms with van der Waals surface area (Å²) in [6.45, 7) is 8.49. The van der Waals surface area contributed by atoms with Crippen LogP contribution in [0.5, 0.6) is 0 Å². The third-order valence-electron chi connectivity index (χ3n) is 5.21. The summed E-state index contributed by atoms with van der Waals surface area (Å²) in [7, 11) is 0. The molecule has 0 bridgehead atoms. The summed E-state index contributed by atoms with van der Waals surface area (Å²) in [5.41, 5.74) is 4.34. The average Bonchev–Trinajstić information content (AvgIpc) is 2.69. The van der Waals surface area contributed by atoms with Gasteiger partial charge < -0.3 is 15.5 Å². The van der Waals surface area contributed by atoms with Gasteiger partial charge in [-0.15, -0.1) is 0 Å². The Balaban J connectivity index is 1.54. The first-order valence-electron chi connectivity index (χ1n) is 10.1. The lowest BCUT2D eigenvalue weighted by atomic mass is 10.0. The first kappa shape index (κ1) is 19.3. The van der Waals surface area contributed by atoms with E-state index in [0.717, 1.165) is 24.5 Å². The molecule has 1 aliphatic heterocycles. The van der Waals surface area contributed by atoms with Gasteiger partial charge in [-0.2, -0.15) is 0 Å². The minimum Gasteiger partial charge on any atom is -0.374 e. The van der Waals surface area contributed by atoms with Gasteiger partial charge in [-0.25, -0.2) is 0 Å². The van der Waals surface area contributed by atoms with Crippen LogP contribution in [0.1, 0.15) is 51.5 Å². The van der Waals surface area contributed by atoms with Gasteiger partial charge in [-0.3, -0.25) is 4.79 Å². The molecule has 4 heteroatoms. The Morgan fingerprint density at radius 3 is 2.04 bits per heavy atom. The number of anilines is 3. The Morgan fingerprint density at radius 2 is 1.44 bits per heavy atom. The van der Waals surface area contributed by atoms with E-state index in [1.807, 2.05) is 31.2 Å². The van der Waals surface area contributed by atoms with Crippen molar-refractivity contribution in [3.05, 3.63) is 54.1 Å². The molecule has 3 rings (SSSR count). The van der Waals surface area contributed by atoms with Crippen molar-refractivity contribution in [3.63, 3.8) is 0 Å². The highest BCUT2D eigenvalue weighted by atomic mass is 16.2. The minimum atomic E-state index is -0.309. The molecule has 27 heavy (non-hydrogen) atoms. The molecule has 2 N–H and O–H groups in total. The van der Waals surface area contributed by atoms with Crippen molar-refractivity contribution in [2.45, 2.75) is 52.0 Å². The Hall–Kier alpha value is -2.49. The van der Waals surface area contributed by atoms with Crippen LogP contribution >= 0.6 is 0 Å². The molecule has 1 fully saturated rings. The van der Waals surface area contributed by atoms with Gasteiger partial charge in [0.15, 0.2) is 0 Å². The molecule has 0 spiro atoms. The van der Waals surface area contributed by atoms with Crippen LogP contribution in [-0.4, -0.2) is 25.0 Å². The second kappa shape index (κ2) is 8.94. The fourth-order valence-electron chi connectivity index (χ4n) is 3.44. The van der Waals surface area contributed by atoms with Gasteiger partial charge in [-0.05, 0) is 74.1 Å². The van der Waals surface area contributed by atoms with Crippen LogP contribution in [0.15, 0.2) is 48.5 Å². The standard InChI is InChI=1S/C23H31N3O/c1-17(2)19-7-9-20(10-8-19)24-18(3)23(27)25-21-11-13-22(14-12-21)26-15-5-4-6-16-26/h7-14,17-18,24H,4-6,15-16H2,1-3H3,(H,25,27)/t18-/m0/s1. The van der Waals surface area contributed by atoms with Gasteiger partial charge in [-0.1, -0.05) is 26.0 Å². The maximum Gasteiger partial charge on any atom is 0.246 e. The van der Waals surface area contributed by atoms with Crippen LogP contribution in [-0.2, 0) is 4.79 Å². The maximum absolute atomic E-state index is 12.5. The molecule has 0 aliphatic carbocycles. The van der Waals surface area contributed by atoms with Gasteiger partial charge in [0.2, 0.25) is 5.91 Å². The monoisotopic (exact) mass is 365 g/mol. The highest BCUT2D eigenvalue weighted by Crippen LogP contribution is 2.22. The van der Waals surface area contributed by atoms with Gasteiger partial charge >= 0.3 is 0 Å². The third kappa shape index (κ3) is 5.25. The van der Waals surface area contributed by atoms with E-state index in [9.17, 15) is 4.79 Å². The quantitative estimate of drug-likeness (QED) is 0.736. The van der Waals surface area contributed by atoms with Crippen molar-refractivity contribution >= 4 is 23.0 Å². The fourth-order valence-corrected chi connectivity index (χ4v) is 3.44. The van der Waals surface area contributed by atoms with Crippen molar-refractivity contribution in [3.8, 4) is 0 Å². The van der Waals surface area contributed by atoms with Gasteiger partial charge in [0.1, 0.15) is 6.04 Å². The minimum absolute atomic E-state index is 0.0336. The molecule has 0 saturated carbocycles. The summed E-state index contributed by atoms with van der Waals surface area (Å²) < 4.78 is 0. The largest absolute Gasteiger partial charge is 0.374 e. The number of nitrogens with one attached hydrogen (secondary N) is 2. The molecular weight excluding hydrogens is 334 g/mol. The molecule has 0 unspecified atom stereocenters.